The highest BCUT2D eigenvalue weighted by atomic mass is 16.5. The smallest absolute Gasteiger partial charge is 0.306 e. The lowest BCUT2D eigenvalue weighted by atomic mass is 10.0. The molecule has 0 fully saturated rings. The molecule has 0 aliphatic rings. The number of hydrogen-bond acceptors (Lipinski definition) is 3. The number of carbonyl (C=O) groups is 2. The number of aliphatic carboxylic acids is 1. The summed E-state index contributed by atoms with van der Waals surface area (Å²) >= 11 is 0. The Balaban J connectivity index is 3.66. The van der Waals surface area contributed by atoms with Gasteiger partial charge >= 0.3 is 11.9 Å². The summed E-state index contributed by atoms with van der Waals surface area (Å²) in [6, 6.07) is 0. The molecular formula is C44H86O4. The monoisotopic (exact) mass is 679 g/mol. The van der Waals surface area contributed by atoms with Gasteiger partial charge < -0.3 is 9.84 Å². The lowest BCUT2D eigenvalue weighted by Gasteiger charge is -2.18. The van der Waals surface area contributed by atoms with E-state index in [1.807, 2.05) is 0 Å². The van der Waals surface area contributed by atoms with Crippen molar-refractivity contribution in [2.24, 2.45) is 0 Å². The number of esters is 1. The molecule has 0 radical (unpaired) electrons. The summed E-state index contributed by atoms with van der Waals surface area (Å²) in [6.45, 7) is 4.54. The van der Waals surface area contributed by atoms with Crippen molar-refractivity contribution in [3.8, 4) is 0 Å². The van der Waals surface area contributed by atoms with E-state index in [1.54, 1.807) is 0 Å². The Morgan fingerprint density at radius 3 is 0.938 bits per heavy atom. The van der Waals surface area contributed by atoms with Gasteiger partial charge in [-0.3, -0.25) is 9.59 Å². The quantitative estimate of drug-likeness (QED) is 0.0516. The van der Waals surface area contributed by atoms with E-state index in [1.165, 1.54) is 193 Å². The predicted octanol–water partition coefficient (Wildman–Crippen LogP) is 15.2. The van der Waals surface area contributed by atoms with Crippen molar-refractivity contribution >= 4 is 11.9 Å². The molecule has 48 heavy (non-hydrogen) atoms. The van der Waals surface area contributed by atoms with Crippen LogP contribution in [0.25, 0.3) is 0 Å². The van der Waals surface area contributed by atoms with E-state index < -0.39 is 5.97 Å². The van der Waals surface area contributed by atoms with Crippen LogP contribution in [-0.2, 0) is 14.3 Å². The average molecular weight is 679 g/mol. The molecule has 0 aliphatic heterocycles. The van der Waals surface area contributed by atoms with E-state index >= 15 is 0 Å². The fraction of sp³-hybridized carbons (Fsp3) is 0.955. The topological polar surface area (TPSA) is 63.6 Å². The maximum atomic E-state index is 12.6. The summed E-state index contributed by atoms with van der Waals surface area (Å²) in [7, 11) is 0. The van der Waals surface area contributed by atoms with Crippen LogP contribution in [0.4, 0.5) is 0 Å². The van der Waals surface area contributed by atoms with Crippen LogP contribution in [0.5, 0.6) is 0 Å². The minimum Gasteiger partial charge on any atom is -0.481 e. The Morgan fingerprint density at radius 2 is 0.625 bits per heavy atom. The first-order valence-electron chi connectivity index (χ1n) is 22.0. The highest BCUT2D eigenvalue weighted by Gasteiger charge is 2.14. The molecule has 286 valence electrons. The van der Waals surface area contributed by atoms with Gasteiger partial charge in [0.1, 0.15) is 6.10 Å². The number of carbonyl (C=O) groups excluding carboxylic acids is 1. The standard InChI is InChI=1S/C44H86O4/c1-3-5-7-9-10-11-12-13-14-15-16-17-18-19-20-21-22-27-30-33-37-41-44(47)48-42(38-34-8-6-4-2)39-35-31-28-25-23-24-26-29-32-36-40-43(45)46/h42H,3-41H2,1-2H3,(H,45,46). The first-order valence-corrected chi connectivity index (χ1v) is 22.0. The molecule has 0 aromatic rings. The minimum absolute atomic E-state index is 0.0386. The molecular weight excluding hydrogens is 592 g/mol. The number of carboxylic acid groups (broad SMARTS) is 1. The Hall–Kier alpha value is -1.06. The van der Waals surface area contributed by atoms with E-state index in [0.717, 1.165) is 44.9 Å². The molecule has 0 spiro atoms. The molecule has 0 aromatic carbocycles. The summed E-state index contributed by atoms with van der Waals surface area (Å²) < 4.78 is 6.01. The van der Waals surface area contributed by atoms with E-state index in [4.69, 9.17) is 9.84 Å². The van der Waals surface area contributed by atoms with Gasteiger partial charge in [-0.1, -0.05) is 213 Å². The van der Waals surface area contributed by atoms with Gasteiger partial charge in [0.25, 0.3) is 0 Å². The van der Waals surface area contributed by atoms with Crippen LogP contribution in [0.3, 0.4) is 0 Å². The Labute approximate surface area is 301 Å². The summed E-state index contributed by atoms with van der Waals surface area (Å²) in [5.41, 5.74) is 0. The van der Waals surface area contributed by atoms with E-state index in [0.29, 0.717) is 12.8 Å². The lowest BCUT2D eigenvalue weighted by molar-refractivity contribution is -0.150. The van der Waals surface area contributed by atoms with E-state index in [-0.39, 0.29) is 12.1 Å². The molecule has 1 N–H and O–H groups in total. The van der Waals surface area contributed by atoms with Crippen LogP contribution in [-0.4, -0.2) is 23.1 Å². The van der Waals surface area contributed by atoms with E-state index in [9.17, 15) is 9.59 Å². The van der Waals surface area contributed by atoms with Crippen LogP contribution in [0.2, 0.25) is 0 Å². The number of carboxylic acids is 1. The van der Waals surface area contributed by atoms with Gasteiger partial charge in [-0.2, -0.15) is 0 Å². The first kappa shape index (κ1) is 46.9. The van der Waals surface area contributed by atoms with Crippen molar-refractivity contribution < 1.29 is 19.4 Å². The van der Waals surface area contributed by atoms with Crippen molar-refractivity contribution in [2.75, 3.05) is 0 Å². The molecule has 1 unspecified atom stereocenters. The molecule has 0 bridgehead atoms. The SMILES string of the molecule is CCCCCCCCCCCCCCCCCCCCCCCC(=O)OC(CCCCCC)CCCCCCCCCCCCC(=O)O. The largest absolute Gasteiger partial charge is 0.481 e. The summed E-state index contributed by atoms with van der Waals surface area (Å²) in [4.78, 5) is 23.2. The van der Waals surface area contributed by atoms with Crippen LogP contribution in [0, 0.1) is 0 Å². The minimum atomic E-state index is -0.672. The van der Waals surface area contributed by atoms with Gasteiger partial charge in [0.15, 0.2) is 0 Å². The van der Waals surface area contributed by atoms with Gasteiger partial charge in [0, 0.05) is 12.8 Å². The first-order chi connectivity index (χ1) is 23.6. The number of hydrogen-bond donors (Lipinski definition) is 1. The highest BCUT2D eigenvalue weighted by Crippen LogP contribution is 2.19. The third-order valence-electron chi connectivity index (χ3n) is 10.3. The van der Waals surface area contributed by atoms with E-state index in [2.05, 4.69) is 13.8 Å². The van der Waals surface area contributed by atoms with Gasteiger partial charge in [0.05, 0.1) is 0 Å². The number of ether oxygens (including phenoxy) is 1. The zero-order valence-corrected chi connectivity index (χ0v) is 32.8. The van der Waals surface area contributed by atoms with Crippen molar-refractivity contribution in [1.82, 2.24) is 0 Å². The second-order valence-electron chi connectivity index (χ2n) is 15.3. The van der Waals surface area contributed by atoms with Gasteiger partial charge in [-0.25, -0.2) is 0 Å². The molecule has 1 atom stereocenters. The van der Waals surface area contributed by atoms with Crippen LogP contribution >= 0.6 is 0 Å². The fourth-order valence-electron chi connectivity index (χ4n) is 7.07. The lowest BCUT2D eigenvalue weighted by Crippen LogP contribution is -2.18. The molecule has 0 rings (SSSR count). The Bertz CT molecular complexity index is 648. The second-order valence-corrected chi connectivity index (χ2v) is 15.3. The molecule has 0 saturated carbocycles. The van der Waals surface area contributed by atoms with Gasteiger partial charge in [0.2, 0.25) is 0 Å². The van der Waals surface area contributed by atoms with Crippen molar-refractivity contribution in [3.63, 3.8) is 0 Å². The van der Waals surface area contributed by atoms with Crippen molar-refractivity contribution in [3.05, 3.63) is 0 Å². The molecule has 0 aliphatic carbocycles. The van der Waals surface area contributed by atoms with Crippen LogP contribution in [0.15, 0.2) is 0 Å². The maximum Gasteiger partial charge on any atom is 0.306 e. The molecule has 4 nitrogen and oxygen atoms in total. The zero-order chi connectivity index (χ0) is 35.0. The highest BCUT2D eigenvalue weighted by molar-refractivity contribution is 5.69. The van der Waals surface area contributed by atoms with Gasteiger partial charge in [-0.05, 0) is 38.5 Å². The normalized spacial score (nSPS) is 12.0. The van der Waals surface area contributed by atoms with Gasteiger partial charge in [-0.15, -0.1) is 0 Å². The zero-order valence-electron chi connectivity index (χ0n) is 32.8. The van der Waals surface area contributed by atoms with Crippen molar-refractivity contribution in [1.29, 1.82) is 0 Å². The molecule has 0 saturated heterocycles. The maximum absolute atomic E-state index is 12.6. The average Bonchev–Trinajstić information content (AvgIpc) is 3.07. The van der Waals surface area contributed by atoms with Crippen LogP contribution < -0.4 is 0 Å². The predicted molar refractivity (Wildman–Crippen MR) is 209 cm³/mol. The van der Waals surface area contributed by atoms with Crippen molar-refractivity contribution in [2.45, 2.75) is 270 Å². The molecule has 0 aromatic heterocycles. The Kier molecular flexibility index (Phi) is 39.5. The summed E-state index contributed by atoms with van der Waals surface area (Å²) in [5, 5.41) is 8.71. The number of unbranched alkanes of at least 4 members (excludes halogenated alkanes) is 32. The number of rotatable bonds is 41. The molecule has 4 heteroatoms. The summed E-state index contributed by atoms with van der Waals surface area (Å²) in [6.07, 6.45) is 48.8. The second kappa shape index (κ2) is 40.4. The molecule has 0 amide bonds. The molecule has 0 heterocycles. The third-order valence-corrected chi connectivity index (χ3v) is 10.3. The summed E-state index contributed by atoms with van der Waals surface area (Å²) in [5.74, 6) is -0.634. The fourth-order valence-corrected chi connectivity index (χ4v) is 7.07. The van der Waals surface area contributed by atoms with Crippen LogP contribution in [0.1, 0.15) is 264 Å². The Morgan fingerprint density at radius 1 is 0.375 bits per heavy atom. The third kappa shape index (κ3) is 39.4.